The zero-order chi connectivity index (χ0) is 18.8. The highest BCUT2D eigenvalue weighted by atomic mass is 19.1. The Kier molecular flexibility index (Phi) is 4.66. The van der Waals surface area contributed by atoms with E-state index in [1.54, 1.807) is 24.5 Å². The van der Waals surface area contributed by atoms with Crippen LogP contribution in [0.5, 0.6) is 0 Å². The minimum atomic E-state index is -0.302. The molecular weight excluding hydrogens is 345 g/mol. The van der Waals surface area contributed by atoms with Crippen LogP contribution in [0.3, 0.4) is 0 Å². The van der Waals surface area contributed by atoms with E-state index in [0.717, 1.165) is 29.8 Å². The number of rotatable bonds is 4. The van der Waals surface area contributed by atoms with Gasteiger partial charge >= 0.3 is 0 Å². The zero-order valence-corrected chi connectivity index (χ0v) is 15.0. The average Bonchev–Trinajstić information content (AvgIpc) is 3.35. The van der Waals surface area contributed by atoms with Crippen LogP contribution in [0.2, 0.25) is 0 Å². The number of halogens is 1. The number of imidazole rings is 1. The van der Waals surface area contributed by atoms with Crippen LogP contribution in [-0.4, -0.2) is 37.3 Å². The molecule has 1 aliphatic rings. The lowest BCUT2D eigenvalue weighted by Gasteiger charge is -2.24. The Balaban J connectivity index is 1.57. The predicted molar refractivity (Wildman–Crippen MR) is 98.1 cm³/mol. The highest BCUT2D eigenvalue weighted by Gasteiger charge is 2.32. The fourth-order valence-electron chi connectivity index (χ4n) is 3.48. The summed E-state index contributed by atoms with van der Waals surface area (Å²) < 4.78 is 13.1. The number of hydrogen-bond acceptors (Lipinski definition) is 4. The molecule has 1 aromatic carbocycles. The van der Waals surface area contributed by atoms with Crippen molar-refractivity contribution in [2.24, 2.45) is 0 Å². The molecule has 3 aromatic rings. The van der Waals surface area contributed by atoms with Crippen molar-refractivity contribution < 1.29 is 9.18 Å². The summed E-state index contributed by atoms with van der Waals surface area (Å²) in [6, 6.07) is 7.79. The lowest BCUT2D eigenvalue weighted by Crippen LogP contribution is -2.32. The highest BCUT2D eigenvalue weighted by molar-refractivity contribution is 5.79. The fourth-order valence-corrected chi connectivity index (χ4v) is 3.48. The summed E-state index contributed by atoms with van der Waals surface area (Å²) in [6.07, 6.45) is 5.41. The smallest absolute Gasteiger partial charge is 0.227 e. The quantitative estimate of drug-likeness (QED) is 0.770. The van der Waals surface area contributed by atoms with E-state index in [1.807, 2.05) is 17.9 Å². The Bertz CT molecular complexity index is 940. The molecule has 0 aliphatic carbocycles. The van der Waals surface area contributed by atoms with Gasteiger partial charge in [0.2, 0.25) is 5.91 Å². The van der Waals surface area contributed by atoms with Crippen molar-refractivity contribution in [2.75, 3.05) is 6.54 Å². The molecule has 1 N–H and O–H groups in total. The van der Waals surface area contributed by atoms with Crippen molar-refractivity contribution in [2.45, 2.75) is 32.2 Å². The second-order valence-corrected chi connectivity index (χ2v) is 6.74. The van der Waals surface area contributed by atoms with Gasteiger partial charge in [-0.25, -0.2) is 19.3 Å². The van der Waals surface area contributed by atoms with Gasteiger partial charge in [0.05, 0.1) is 12.5 Å². The Labute approximate surface area is 156 Å². The number of carbonyl (C=O) groups excluding carboxylic acids is 1. The molecule has 0 radical (unpaired) electrons. The maximum Gasteiger partial charge on any atom is 0.227 e. The Morgan fingerprint density at radius 2 is 2.11 bits per heavy atom. The molecule has 138 valence electrons. The van der Waals surface area contributed by atoms with Gasteiger partial charge in [-0.15, -0.1) is 0 Å². The number of carbonyl (C=O) groups is 1. The van der Waals surface area contributed by atoms with Crippen LogP contribution in [0.1, 0.15) is 36.0 Å². The number of H-pyrrole nitrogens is 1. The second kappa shape index (κ2) is 7.26. The van der Waals surface area contributed by atoms with Crippen LogP contribution in [0, 0.1) is 12.7 Å². The minimum absolute atomic E-state index is 0.00811. The molecule has 1 fully saturated rings. The largest absolute Gasteiger partial charge is 0.343 e. The topological polar surface area (TPSA) is 74.8 Å². The molecule has 0 bridgehead atoms. The van der Waals surface area contributed by atoms with Gasteiger partial charge in [-0.05, 0) is 43.5 Å². The van der Waals surface area contributed by atoms with E-state index in [4.69, 9.17) is 0 Å². The normalized spacial score (nSPS) is 16.7. The molecule has 0 unspecified atom stereocenters. The summed E-state index contributed by atoms with van der Waals surface area (Å²) in [7, 11) is 0. The van der Waals surface area contributed by atoms with E-state index in [2.05, 4.69) is 19.9 Å². The van der Waals surface area contributed by atoms with Crippen LogP contribution < -0.4 is 0 Å². The molecule has 1 amide bonds. The van der Waals surface area contributed by atoms with E-state index in [1.165, 1.54) is 12.1 Å². The Hall–Kier alpha value is -3.09. The van der Waals surface area contributed by atoms with Crippen molar-refractivity contribution >= 4 is 5.91 Å². The maximum absolute atomic E-state index is 13.1. The average molecular weight is 365 g/mol. The number of benzene rings is 1. The number of amides is 1. The van der Waals surface area contributed by atoms with Crippen molar-refractivity contribution in [3.63, 3.8) is 0 Å². The first-order valence-electron chi connectivity index (χ1n) is 8.99. The zero-order valence-electron chi connectivity index (χ0n) is 15.0. The van der Waals surface area contributed by atoms with E-state index >= 15 is 0 Å². The molecule has 27 heavy (non-hydrogen) atoms. The summed E-state index contributed by atoms with van der Waals surface area (Å²) in [5.74, 6) is 1.04. The highest BCUT2D eigenvalue weighted by Crippen LogP contribution is 2.31. The fraction of sp³-hybridized carbons (Fsp3) is 0.300. The SMILES string of the molecule is Cc1cc(-c2ncc[nH]2)nc([C@H]2CCCN2C(=O)Cc2ccc(F)cc2)n1. The number of nitrogens with zero attached hydrogens (tertiary/aromatic N) is 4. The molecule has 0 spiro atoms. The molecule has 6 nitrogen and oxygen atoms in total. The Morgan fingerprint density at radius 3 is 2.85 bits per heavy atom. The van der Waals surface area contributed by atoms with Crippen LogP contribution >= 0.6 is 0 Å². The molecule has 4 rings (SSSR count). The lowest BCUT2D eigenvalue weighted by atomic mass is 10.1. The lowest BCUT2D eigenvalue weighted by molar-refractivity contribution is -0.131. The first kappa shape index (κ1) is 17.3. The van der Waals surface area contributed by atoms with Crippen molar-refractivity contribution in [1.82, 2.24) is 24.8 Å². The molecule has 3 heterocycles. The van der Waals surface area contributed by atoms with Gasteiger partial charge < -0.3 is 9.88 Å². The summed E-state index contributed by atoms with van der Waals surface area (Å²) in [5, 5.41) is 0. The molecule has 1 atom stereocenters. The number of nitrogens with one attached hydrogen (secondary N) is 1. The minimum Gasteiger partial charge on any atom is -0.343 e. The van der Waals surface area contributed by atoms with E-state index in [9.17, 15) is 9.18 Å². The van der Waals surface area contributed by atoms with Gasteiger partial charge in [0.1, 0.15) is 11.5 Å². The Morgan fingerprint density at radius 1 is 1.30 bits per heavy atom. The van der Waals surface area contributed by atoms with Crippen molar-refractivity contribution in [1.29, 1.82) is 0 Å². The van der Waals surface area contributed by atoms with E-state index in [-0.39, 0.29) is 24.2 Å². The number of hydrogen-bond donors (Lipinski definition) is 1. The maximum atomic E-state index is 13.1. The second-order valence-electron chi connectivity index (χ2n) is 6.74. The van der Waals surface area contributed by atoms with Gasteiger partial charge in [0, 0.05) is 24.6 Å². The van der Waals surface area contributed by atoms with E-state index < -0.39 is 0 Å². The third-order valence-electron chi connectivity index (χ3n) is 4.75. The van der Waals surface area contributed by atoms with Gasteiger partial charge in [-0.1, -0.05) is 12.1 Å². The molecule has 2 aromatic heterocycles. The number of aromatic nitrogens is 4. The summed E-state index contributed by atoms with van der Waals surface area (Å²) in [5.41, 5.74) is 2.36. The van der Waals surface area contributed by atoms with Gasteiger partial charge in [0.15, 0.2) is 11.6 Å². The van der Waals surface area contributed by atoms with Crippen LogP contribution in [0.4, 0.5) is 4.39 Å². The van der Waals surface area contributed by atoms with Crippen LogP contribution in [0.15, 0.2) is 42.7 Å². The van der Waals surface area contributed by atoms with Crippen LogP contribution in [-0.2, 0) is 11.2 Å². The molecular formula is C20H20FN5O. The van der Waals surface area contributed by atoms with E-state index in [0.29, 0.717) is 18.2 Å². The standard InChI is InChI=1S/C20H20FN5O/c1-13-11-16(19-22-8-9-23-19)25-20(24-13)17-3-2-10-26(17)18(27)12-14-4-6-15(21)7-5-14/h4-9,11,17H,2-3,10,12H2,1H3,(H,22,23)/t17-/m1/s1. The van der Waals surface area contributed by atoms with Crippen LogP contribution in [0.25, 0.3) is 11.5 Å². The third-order valence-corrected chi connectivity index (χ3v) is 4.75. The summed E-state index contributed by atoms with van der Waals surface area (Å²) in [6.45, 7) is 2.59. The molecule has 1 aliphatic heterocycles. The molecule has 7 heteroatoms. The van der Waals surface area contributed by atoms with Gasteiger partial charge in [0.25, 0.3) is 0 Å². The predicted octanol–water partition coefficient (Wildman–Crippen LogP) is 3.22. The number of aryl methyl sites for hydroxylation is 1. The number of likely N-dealkylation sites (tertiary alicyclic amines) is 1. The van der Waals surface area contributed by atoms with Crippen molar-refractivity contribution in [3.05, 3.63) is 65.6 Å². The van der Waals surface area contributed by atoms with Gasteiger partial charge in [-0.3, -0.25) is 4.79 Å². The molecule has 1 saturated heterocycles. The number of aromatic amines is 1. The molecule has 0 saturated carbocycles. The third kappa shape index (κ3) is 3.72. The summed E-state index contributed by atoms with van der Waals surface area (Å²) in [4.78, 5) is 31.2. The first-order chi connectivity index (χ1) is 13.1. The van der Waals surface area contributed by atoms with Gasteiger partial charge in [-0.2, -0.15) is 0 Å². The monoisotopic (exact) mass is 365 g/mol. The van der Waals surface area contributed by atoms with Crippen molar-refractivity contribution in [3.8, 4) is 11.5 Å². The first-order valence-corrected chi connectivity index (χ1v) is 8.99. The summed E-state index contributed by atoms with van der Waals surface area (Å²) >= 11 is 0.